The van der Waals surface area contributed by atoms with Gasteiger partial charge >= 0.3 is 6.36 Å². The van der Waals surface area contributed by atoms with Gasteiger partial charge < -0.3 is 15.4 Å². The van der Waals surface area contributed by atoms with E-state index < -0.39 is 22.1 Å². The first kappa shape index (κ1) is 30.6. The van der Waals surface area contributed by atoms with Crippen LogP contribution in [-0.2, 0) is 16.4 Å². The van der Waals surface area contributed by atoms with Gasteiger partial charge in [0.05, 0.1) is 10.4 Å². The number of sulfonamides is 1. The van der Waals surface area contributed by atoms with Gasteiger partial charge in [0.25, 0.3) is 0 Å². The molecule has 1 heterocycles. The number of aryl methyl sites for hydroxylation is 1. The second kappa shape index (κ2) is 13.2. The average molecular weight is 614 g/mol. The molecule has 0 radical (unpaired) electrons. The van der Waals surface area contributed by atoms with Crippen LogP contribution in [0.4, 0.5) is 30.6 Å². The van der Waals surface area contributed by atoms with Gasteiger partial charge in [-0.1, -0.05) is 31.2 Å². The van der Waals surface area contributed by atoms with Gasteiger partial charge in [-0.25, -0.2) is 18.1 Å². The van der Waals surface area contributed by atoms with E-state index in [1.165, 1.54) is 5.56 Å². The van der Waals surface area contributed by atoms with Crippen molar-refractivity contribution in [2.75, 3.05) is 23.7 Å². The molecule has 3 N–H and O–H groups in total. The number of ether oxygens (including phenoxy) is 1. The summed E-state index contributed by atoms with van der Waals surface area (Å²) in [5.41, 5.74) is 3.06. The molecule has 8 nitrogen and oxygen atoms in total. The standard InChI is InChI=1S/C31H34F3N5O3S/c1-2-21-11-13-24(14-12-21)37-29-27-5-3-4-6-28(27)38-30(39-29)35-19-22-7-9-23(10-8-22)20-36-43(40,41)26-17-15-25(16-18-26)42-31(32,33)34/h3-6,11-18,22-23,36H,2,7-10,19-20H2,1H3,(H2,35,37,38,39). The van der Waals surface area contributed by atoms with E-state index in [2.05, 4.69) is 39.1 Å². The van der Waals surface area contributed by atoms with E-state index in [-0.39, 0.29) is 17.4 Å². The SMILES string of the molecule is CCc1ccc(Nc2nc(NCC3CCC(CNS(=O)(=O)c4ccc(OC(F)(F)F)cc4)CC3)nc3ccccc23)cc1. The summed E-state index contributed by atoms with van der Waals surface area (Å²) in [6.07, 6.45) is -0.309. The monoisotopic (exact) mass is 613 g/mol. The maximum Gasteiger partial charge on any atom is 0.573 e. The molecule has 1 fully saturated rings. The topological polar surface area (TPSA) is 105 Å². The van der Waals surface area contributed by atoms with Gasteiger partial charge in [-0.05, 0) is 98.0 Å². The summed E-state index contributed by atoms with van der Waals surface area (Å²) in [6.45, 7) is 3.09. The zero-order valence-corrected chi connectivity index (χ0v) is 24.5. The van der Waals surface area contributed by atoms with Crippen molar-refractivity contribution < 1.29 is 26.3 Å². The van der Waals surface area contributed by atoms with E-state index in [1.54, 1.807) is 0 Å². The van der Waals surface area contributed by atoms with Crippen molar-refractivity contribution in [3.63, 3.8) is 0 Å². The van der Waals surface area contributed by atoms with Crippen molar-refractivity contribution in [1.82, 2.24) is 14.7 Å². The van der Waals surface area contributed by atoms with Crippen molar-refractivity contribution in [1.29, 1.82) is 0 Å². The molecule has 0 saturated heterocycles. The summed E-state index contributed by atoms with van der Waals surface area (Å²) in [6, 6.07) is 20.3. The maximum atomic E-state index is 12.7. The summed E-state index contributed by atoms with van der Waals surface area (Å²) in [5, 5.41) is 7.77. The third kappa shape index (κ3) is 8.35. The first-order chi connectivity index (χ1) is 20.6. The number of alkyl halides is 3. The number of para-hydroxylation sites is 1. The van der Waals surface area contributed by atoms with E-state index in [0.29, 0.717) is 18.4 Å². The predicted octanol–water partition coefficient (Wildman–Crippen LogP) is 7.03. The van der Waals surface area contributed by atoms with Gasteiger partial charge in [0, 0.05) is 24.2 Å². The van der Waals surface area contributed by atoms with Crippen LogP contribution >= 0.6 is 0 Å². The molecule has 4 aromatic rings. The molecule has 0 spiro atoms. The lowest BCUT2D eigenvalue weighted by Crippen LogP contribution is -2.32. The molecule has 43 heavy (non-hydrogen) atoms. The van der Waals surface area contributed by atoms with Crippen LogP contribution in [0.25, 0.3) is 10.9 Å². The third-order valence-electron chi connectivity index (χ3n) is 7.67. The number of halogens is 3. The van der Waals surface area contributed by atoms with E-state index in [0.717, 1.165) is 78.8 Å². The molecule has 228 valence electrons. The van der Waals surface area contributed by atoms with Crippen molar-refractivity contribution in [3.05, 3.63) is 78.4 Å². The highest BCUT2D eigenvalue weighted by Gasteiger charge is 2.31. The molecule has 1 aromatic heterocycles. The highest BCUT2D eigenvalue weighted by atomic mass is 32.2. The minimum Gasteiger partial charge on any atom is -0.406 e. The van der Waals surface area contributed by atoms with E-state index in [9.17, 15) is 21.6 Å². The smallest absolute Gasteiger partial charge is 0.406 e. The lowest BCUT2D eigenvalue weighted by atomic mass is 9.82. The lowest BCUT2D eigenvalue weighted by molar-refractivity contribution is -0.274. The number of nitrogens with one attached hydrogen (secondary N) is 3. The summed E-state index contributed by atoms with van der Waals surface area (Å²) >= 11 is 0. The minimum atomic E-state index is -4.84. The molecule has 1 aliphatic carbocycles. The van der Waals surface area contributed by atoms with Crippen LogP contribution in [0.3, 0.4) is 0 Å². The van der Waals surface area contributed by atoms with E-state index in [4.69, 9.17) is 9.97 Å². The summed E-state index contributed by atoms with van der Waals surface area (Å²) < 4.78 is 68.8. The number of aromatic nitrogens is 2. The van der Waals surface area contributed by atoms with Crippen LogP contribution in [0.15, 0.2) is 77.7 Å². The average Bonchev–Trinajstić information content (AvgIpc) is 2.99. The molecule has 0 aliphatic heterocycles. The molecule has 1 saturated carbocycles. The van der Waals surface area contributed by atoms with Crippen molar-refractivity contribution in [2.45, 2.75) is 50.3 Å². The molecule has 3 aromatic carbocycles. The Morgan fingerprint density at radius 2 is 1.51 bits per heavy atom. The number of hydrogen-bond donors (Lipinski definition) is 3. The molecule has 0 amide bonds. The van der Waals surface area contributed by atoms with Crippen LogP contribution in [0.1, 0.15) is 38.2 Å². The van der Waals surface area contributed by atoms with Crippen LogP contribution in [0, 0.1) is 11.8 Å². The van der Waals surface area contributed by atoms with Crippen molar-refractivity contribution in [3.8, 4) is 5.75 Å². The normalized spacial score (nSPS) is 17.5. The molecule has 0 bridgehead atoms. The van der Waals surface area contributed by atoms with Gasteiger partial charge in [-0.3, -0.25) is 0 Å². The Balaban J connectivity index is 1.13. The Labute approximate surface area is 249 Å². The van der Waals surface area contributed by atoms with Crippen molar-refractivity contribution >= 4 is 38.4 Å². The molecule has 0 unspecified atom stereocenters. The lowest BCUT2D eigenvalue weighted by Gasteiger charge is -2.28. The van der Waals surface area contributed by atoms with Gasteiger partial charge in [-0.2, -0.15) is 4.98 Å². The van der Waals surface area contributed by atoms with Crippen LogP contribution in [0.2, 0.25) is 0 Å². The summed E-state index contributed by atoms with van der Waals surface area (Å²) in [7, 11) is -3.85. The zero-order chi connectivity index (χ0) is 30.5. The molecule has 1 aliphatic rings. The second-order valence-electron chi connectivity index (χ2n) is 10.7. The Morgan fingerprint density at radius 3 is 2.16 bits per heavy atom. The first-order valence-corrected chi connectivity index (χ1v) is 15.8. The fourth-order valence-electron chi connectivity index (χ4n) is 5.22. The summed E-state index contributed by atoms with van der Waals surface area (Å²) in [5.74, 6) is 1.37. The van der Waals surface area contributed by atoms with Gasteiger partial charge in [0.15, 0.2) is 0 Å². The number of benzene rings is 3. The quantitative estimate of drug-likeness (QED) is 0.167. The Kier molecular flexibility index (Phi) is 9.36. The number of hydrogen-bond acceptors (Lipinski definition) is 7. The molecular weight excluding hydrogens is 579 g/mol. The molecule has 12 heteroatoms. The number of nitrogens with zero attached hydrogens (tertiary/aromatic N) is 2. The highest BCUT2D eigenvalue weighted by Crippen LogP contribution is 2.30. The van der Waals surface area contributed by atoms with Crippen LogP contribution in [0.5, 0.6) is 5.75 Å². The van der Waals surface area contributed by atoms with E-state index in [1.807, 2.05) is 36.4 Å². The predicted molar refractivity (Wildman–Crippen MR) is 161 cm³/mol. The fourth-order valence-corrected chi connectivity index (χ4v) is 6.33. The van der Waals surface area contributed by atoms with Crippen LogP contribution in [-0.4, -0.2) is 37.8 Å². The third-order valence-corrected chi connectivity index (χ3v) is 9.11. The number of anilines is 3. The minimum absolute atomic E-state index is 0.109. The molecule has 5 rings (SSSR count). The van der Waals surface area contributed by atoms with Crippen LogP contribution < -0.4 is 20.1 Å². The second-order valence-corrected chi connectivity index (χ2v) is 12.5. The van der Waals surface area contributed by atoms with Crippen molar-refractivity contribution in [2.24, 2.45) is 11.8 Å². The first-order valence-electron chi connectivity index (χ1n) is 14.3. The Hall–Kier alpha value is -3.90. The van der Waals surface area contributed by atoms with E-state index >= 15 is 0 Å². The number of fused-ring (bicyclic) bond motifs is 1. The Morgan fingerprint density at radius 1 is 0.860 bits per heavy atom. The van der Waals surface area contributed by atoms with Gasteiger partial charge in [-0.15, -0.1) is 13.2 Å². The zero-order valence-electron chi connectivity index (χ0n) is 23.7. The van der Waals surface area contributed by atoms with Gasteiger partial charge in [0.1, 0.15) is 11.6 Å². The molecular formula is C31H34F3N5O3S. The summed E-state index contributed by atoms with van der Waals surface area (Å²) in [4.78, 5) is 9.37. The highest BCUT2D eigenvalue weighted by molar-refractivity contribution is 7.89. The fraction of sp³-hybridized carbons (Fsp3) is 0.355. The largest absolute Gasteiger partial charge is 0.573 e. The number of rotatable bonds is 11. The Bertz CT molecular complexity index is 1620. The maximum absolute atomic E-state index is 12.7. The van der Waals surface area contributed by atoms with Gasteiger partial charge in [0.2, 0.25) is 16.0 Å². The molecule has 0 atom stereocenters.